The lowest BCUT2D eigenvalue weighted by molar-refractivity contribution is 0.112. The van der Waals surface area contributed by atoms with Gasteiger partial charge in [-0.25, -0.2) is 0 Å². The number of benzene rings is 1. The second-order valence-electron chi connectivity index (χ2n) is 5.46. The summed E-state index contributed by atoms with van der Waals surface area (Å²) in [6.45, 7) is 3.65. The highest BCUT2D eigenvalue weighted by atomic mass is 32.2. The molecule has 0 amide bonds. The van der Waals surface area contributed by atoms with Crippen LogP contribution in [0, 0.1) is 13.8 Å². The number of aromatic nitrogens is 3. The van der Waals surface area contributed by atoms with Crippen LogP contribution in [0.2, 0.25) is 0 Å². The SMILES string of the molecule is COc1ccc2[nH]c([S+]([O-])Cc3ncc(C)c(C=O)c3C)nc2c1. The molecule has 1 unspecified atom stereocenters. The summed E-state index contributed by atoms with van der Waals surface area (Å²) in [6.07, 6.45) is 2.44. The highest BCUT2D eigenvalue weighted by molar-refractivity contribution is 7.90. The molecule has 7 heteroatoms. The first-order valence-electron chi connectivity index (χ1n) is 7.36. The predicted molar refractivity (Wildman–Crippen MR) is 91.9 cm³/mol. The molecule has 24 heavy (non-hydrogen) atoms. The summed E-state index contributed by atoms with van der Waals surface area (Å²) in [5.41, 5.74) is 4.30. The Morgan fingerprint density at radius 1 is 1.38 bits per heavy atom. The van der Waals surface area contributed by atoms with Crippen LogP contribution < -0.4 is 4.74 Å². The molecule has 0 radical (unpaired) electrons. The monoisotopic (exact) mass is 343 g/mol. The van der Waals surface area contributed by atoms with Crippen LogP contribution in [-0.2, 0) is 16.9 Å². The fourth-order valence-corrected chi connectivity index (χ4v) is 3.61. The smallest absolute Gasteiger partial charge is 0.322 e. The van der Waals surface area contributed by atoms with Gasteiger partial charge in [-0.2, -0.15) is 4.98 Å². The first kappa shape index (κ1) is 16.5. The fourth-order valence-electron chi connectivity index (χ4n) is 2.51. The maximum atomic E-state index is 12.6. The maximum Gasteiger partial charge on any atom is 0.322 e. The topological polar surface area (TPSA) is 90.9 Å². The van der Waals surface area contributed by atoms with Gasteiger partial charge in [0.25, 0.3) is 0 Å². The zero-order valence-electron chi connectivity index (χ0n) is 13.6. The van der Waals surface area contributed by atoms with E-state index in [4.69, 9.17) is 4.74 Å². The molecule has 0 aliphatic rings. The number of methoxy groups -OCH3 is 1. The Kier molecular flexibility index (Phi) is 4.55. The molecule has 2 aromatic heterocycles. The van der Waals surface area contributed by atoms with Crippen LogP contribution in [0.4, 0.5) is 0 Å². The molecule has 0 aliphatic heterocycles. The lowest BCUT2D eigenvalue weighted by Crippen LogP contribution is -2.11. The third kappa shape index (κ3) is 3.00. The highest BCUT2D eigenvalue weighted by Gasteiger charge is 2.20. The standard InChI is InChI=1S/C17H17N3O3S/c1-10-7-18-16(11(2)13(10)8-21)9-24(22)17-19-14-5-4-12(23-3)6-15(14)20-17/h4-8H,9H2,1-3H3,(H,19,20). The molecule has 0 bridgehead atoms. The number of aryl methyl sites for hydroxylation is 1. The molecule has 3 aromatic rings. The highest BCUT2D eigenvalue weighted by Crippen LogP contribution is 2.23. The minimum Gasteiger partial charge on any atom is -0.609 e. The molecular formula is C17H17N3O3S. The molecule has 124 valence electrons. The van der Waals surface area contributed by atoms with Crippen LogP contribution in [0.15, 0.2) is 29.6 Å². The molecule has 2 heterocycles. The van der Waals surface area contributed by atoms with Gasteiger partial charge in [0.2, 0.25) is 0 Å². The van der Waals surface area contributed by atoms with E-state index in [1.807, 2.05) is 26.0 Å². The van der Waals surface area contributed by atoms with Gasteiger partial charge in [0, 0.05) is 29.0 Å². The number of carbonyl (C=O) groups excluding carboxylic acids is 1. The zero-order chi connectivity index (χ0) is 17.3. The molecule has 0 saturated heterocycles. The molecular weight excluding hydrogens is 326 g/mol. The van der Waals surface area contributed by atoms with Crippen molar-refractivity contribution in [3.63, 3.8) is 0 Å². The quantitative estimate of drug-likeness (QED) is 0.568. The van der Waals surface area contributed by atoms with Gasteiger partial charge in [-0.15, -0.1) is 0 Å². The summed E-state index contributed by atoms with van der Waals surface area (Å²) in [7, 11) is 1.59. The number of ether oxygens (including phenoxy) is 1. The van der Waals surface area contributed by atoms with E-state index in [9.17, 15) is 9.35 Å². The van der Waals surface area contributed by atoms with Gasteiger partial charge in [-0.3, -0.25) is 14.8 Å². The van der Waals surface area contributed by atoms with E-state index < -0.39 is 11.2 Å². The number of nitrogens with one attached hydrogen (secondary N) is 1. The molecule has 1 atom stereocenters. The van der Waals surface area contributed by atoms with Crippen LogP contribution in [0.1, 0.15) is 27.2 Å². The molecule has 0 fully saturated rings. The van der Waals surface area contributed by atoms with Crippen LogP contribution in [0.5, 0.6) is 5.75 Å². The minimum atomic E-state index is -1.39. The number of aldehydes is 1. The summed E-state index contributed by atoms with van der Waals surface area (Å²) in [5, 5.41) is 0.382. The van der Waals surface area contributed by atoms with Crippen molar-refractivity contribution in [3.8, 4) is 5.75 Å². The Hall–Kier alpha value is -2.38. The fraction of sp³-hybridized carbons (Fsp3) is 0.235. The number of nitrogens with zero attached hydrogens (tertiary/aromatic N) is 2. The molecule has 1 aromatic carbocycles. The van der Waals surface area contributed by atoms with Gasteiger partial charge in [0.15, 0.2) is 12.0 Å². The summed E-state index contributed by atoms with van der Waals surface area (Å²) in [4.78, 5) is 23.0. The molecule has 0 spiro atoms. The maximum absolute atomic E-state index is 12.6. The van der Waals surface area contributed by atoms with Gasteiger partial charge < -0.3 is 9.29 Å². The van der Waals surface area contributed by atoms with E-state index in [1.165, 1.54) is 0 Å². The van der Waals surface area contributed by atoms with Gasteiger partial charge in [-0.05, 0) is 37.1 Å². The van der Waals surface area contributed by atoms with Gasteiger partial charge in [0.1, 0.15) is 5.75 Å². The Labute approximate surface area is 142 Å². The minimum absolute atomic E-state index is 0.198. The number of pyridine rings is 1. The number of fused-ring (bicyclic) bond motifs is 1. The number of H-pyrrole nitrogens is 1. The summed E-state index contributed by atoms with van der Waals surface area (Å²) >= 11 is -1.39. The summed E-state index contributed by atoms with van der Waals surface area (Å²) in [5.74, 6) is 0.891. The van der Waals surface area contributed by atoms with E-state index in [0.717, 1.165) is 22.9 Å². The van der Waals surface area contributed by atoms with Crippen LogP contribution >= 0.6 is 0 Å². The van der Waals surface area contributed by atoms with E-state index in [-0.39, 0.29) is 5.75 Å². The Balaban J connectivity index is 1.90. The van der Waals surface area contributed by atoms with Crippen LogP contribution in [-0.4, -0.2) is 32.9 Å². The Morgan fingerprint density at radius 3 is 2.88 bits per heavy atom. The Bertz CT molecular complexity index is 907. The van der Waals surface area contributed by atoms with Crippen LogP contribution in [0.3, 0.4) is 0 Å². The molecule has 6 nitrogen and oxygen atoms in total. The number of carbonyl (C=O) groups is 1. The van der Waals surface area contributed by atoms with Crippen molar-refractivity contribution in [2.45, 2.75) is 24.8 Å². The van der Waals surface area contributed by atoms with Crippen molar-refractivity contribution in [1.82, 2.24) is 15.0 Å². The number of hydrogen-bond acceptors (Lipinski definition) is 5. The van der Waals surface area contributed by atoms with Gasteiger partial charge in [0.05, 0.1) is 23.8 Å². The predicted octanol–water partition coefficient (Wildman–Crippen LogP) is 2.70. The number of rotatable bonds is 5. The second-order valence-corrected chi connectivity index (χ2v) is 6.83. The summed E-state index contributed by atoms with van der Waals surface area (Å²) in [6, 6.07) is 5.43. The van der Waals surface area contributed by atoms with E-state index in [2.05, 4.69) is 15.0 Å². The number of hydrogen-bond donors (Lipinski definition) is 1. The van der Waals surface area contributed by atoms with Crippen molar-refractivity contribution >= 4 is 28.5 Å². The van der Waals surface area contributed by atoms with Crippen molar-refractivity contribution in [3.05, 3.63) is 46.8 Å². The first-order chi connectivity index (χ1) is 11.5. The van der Waals surface area contributed by atoms with Gasteiger partial charge >= 0.3 is 5.16 Å². The largest absolute Gasteiger partial charge is 0.609 e. The normalized spacial score (nSPS) is 12.3. The van der Waals surface area contributed by atoms with Crippen molar-refractivity contribution in [2.75, 3.05) is 7.11 Å². The average molecular weight is 343 g/mol. The summed E-state index contributed by atoms with van der Waals surface area (Å²) < 4.78 is 17.8. The lowest BCUT2D eigenvalue weighted by atomic mass is 10.1. The van der Waals surface area contributed by atoms with Crippen molar-refractivity contribution < 1.29 is 14.1 Å². The lowest BCUT2D eigenvalue weighted by Gasteiger charge is -2.11. The zero-order valence-corrected chi connectivity index (χ0v) is 14.4. The van der Waals surface area contributed by atoms with Crippen LogP contribution in [0.25, 0.3) is 11.0 Å². The molecule has 1 N–H and O–H groups in total. The van der Waals surface area contributed by atoms with Gasteiger partial charge in [-0.1, -0.05) is 0 Å². The first-order valence-corrected chi connectivity index (χ1v) is 8.67. The number of imidazole rings is 1. The molecule has 0 saturated carbocycles. The molecule has 3 rings (SSSR count). The van der Waals surface area contributed by atoms with E-state index in [1.54, 1.807) is 19.4 Å². The third-order valence-corrected chi connectivity index (χ3v) is 5.11. The third-order valence-electron chi connectivity index (χ3n) is 3.95. The molecule has 0 aliphatic carbocycles. The van der Waals surface area contributed by atoms with Crippen molar-refractivity contribution in [1.29, 1.82) is 0 Å². The second kappa shape index (κ2) is 6.62. The van der Waals surface area contributed by atoms with E-state index >= 15 is 0 Å². The Morgan fingerprint density at radius 2 is 2.17 bits per heavy atom. The van der Waals surface area contributed by atoms with Crippen molar-refractivity contribution in [2.24, 2.45) is 0 Å². The number of aromatic amines is 1. The average Bonchev–Trinajstić information content (AvgIpc) is 3.01. The van der Waals surface area contributed by atoms with E-state index in [0.29, 0.717) is 27.7 Å².